The van der Waals surface area contributed by atoms with Crippen molar-refractivity contribution in [2.24, 2.45) is 0 Å². The minimum absolute atomic E-state index is 0.144. The molecule has 0 aliphatic carbocycles. The van der Waals surface area contributed by atoms with Crippen LogP contribution in [0.5, 0.6) is 0 Å². The van der Waals surface area contributed by atoms with E-state index >= 15 is 0 Å². The molecule has 0 radical (unpaired) electrons. The summed E-state index contributed by atoms with van der Waals surface area (Å²) < 4.78 is 11.4. The van der Waals surface area contributed by atoms with Crippen molar-refractivity contribution in [3.63, 3.8) is 0 Å². The topological polar surface area (TPSA) is 18.5 Å². The molecule has 0 amide bonds. The van der Waals surface area contributed by atoms with Gasteiger partial charge in [0.2, 0.25) is 0 Å². The molecule has 1 aromatic carbocycles. The average molecular weight is 251 g/mol. The van der Waals surface area contributed by atoms with E-state index in [0.717, 1.165) is 10.6 Å². The summed E-state index contributed by atoms with van der Waals surface area (Å²) >= 11 is 6.12. The first-order valence-corrected chi connectivity index (χ1v) is 5.95. The fraction of sp³-hybridized carbons (Fsp3) is 0.429. The smallest absolute Gasteiger partial charge is 0.165 e. The zero-order valence-corrected chi connectivity index (χ0v) is 10.7. The van der Waals surface area contributed by atoms with E-state index in [1.165, 1.54) is 0 Å². The summed E-state index contributed by atoms with van der Waals surface area (Å²) in [6.45, 7) is 3.73. The van der Waals surface area contributed by atoms with Gasteiger partial charge in [-0.05, 0) is 25.5 Å². The Morgan fingerprint density at radius 1 is 1.35 bits per heavy atom. The minimum atomic E-state index is -0.622. The molecule has 17 heavy (non-hydrogen) atoms. The Morgan fingerprint density at radius 2 is 2.06 bits per heavy atom. The van der Waals surface area contributed by atoms with Crippen molar-refractivity contribution in [2.75, 3.05) is 0 Å². The van der Waals surface area contributed by atoms with E-state index in [1.54, 1.807) is 0 Å². The summed E-state index contributed by atoms with van der Waals surface area (Å²) in [6, 6.07) is 7.70. The molecule has 1 fully saturated rings. The zero-order valence-electron chi connectivity index (χ0n) is 9.94. The summed E-state index contributed by atoms with van der Waals surface area (Å²) in [7, 11) is 0. The number of terminal acetylenes is 1. The van der Waals surface area contributed by atoms with Crippen LogP contribution in [0, 0.1) is 12.3 Å². The van der Waals surface area contributed by atoms with Crippen LogP contribution in [0.2, 0.25) is 5.02 Å². The summed E-state index contributed by atoms with van der Waals surface area (Å²) in [4.78, 5) is 0. The molecule has 90 valence electrons. The molecular formula is C14H15ClO2. The van der Waals surface area contributed by atoms with E-state index in [2.05, 4.69) is 5.92 Å². The number of benzene rings is 1. The van der Waals surface area contributed by atoms with Gasteiger partial charge in [-0.15, -0.1) is 6.42 Å². The highest BCUT2D eigenvalue weighted by molar-refractivity contribution is 6.31. The van der Waals surface area contributed by atoms with E-state index in [-0.39, 0.29) is 12.2 Å². The standard InChI is InChI=1S/C14H15ClO2/c1-4-12-13(17-14(2,3)16-12)9-10-7-5-6-8-11(10)15/h1,5-8,12-13H,9H2,2-3H3. The summed E-state index contributed by atoms with van der Waals surface area (Å²) in [5.41, 5.74) is 1.03. The Hall–Kier alpha value is -1.01. The third kappa shape index (κ3) is 2.81. The van der Waals surface area contributed by atoms with Crippen molar-refractivity contribution in [1.82, 2.24) is 0 Å². The Labute approximate surface area is 107 Å². The molecule has 0 saturated carbocycles. The van der Waals surface area contributed by atoms with Gasteiger partial charge in [0.1, 0.15) is 12.2 Å². The predicted molar refractivity (Wildman–Crippen MR) is 67.8 cm³/mol. The van der Waals surface area contributed by atoms with E-state index in [4.69, 9.17) is 27.5 Å². The van der Waals surface area contributed by atoms with Crippen molar-refractivity contribution in [3.05, 3.63) is 34.9 Å². The second-order valence-electron chi connectivity index (χ2n) is 4.56. The Balaban J connectivity index is 2.14. The quantitative estimate of drug-likeness (QED) is 0.752. The van der Waals surface area contributed by atoms with Crippen molar-refractivity contribution in [3.8, 4) is 12.3 Å². The molecule has 1 aliphatic heterocycles. The largest absolute Gasteiger partial charge is 0.343 e. The van der Waals surface area contributed by atoms with Crippen LogP contribution in [-0.4, -0.2) is 18.0 Å². The van der Waals surface area contributed by atoms with Gasteiger partial charge in [0.05, 0.1) is 0 Å². The highest BCUT2D eigenvalue weighted by atomic mass is 35.5. The van der Waals surface area contributed by atoms with E-state index in [0.29, 0.717) is 6.42 Å². The highest BCUT2D eigenvalue weighted by Gasteiger charge is 2.40. The number of hydrogen-bond acceptors (Lipinski definition) is 2. The summed E-state index contributed by atoms with van der Waals surface area (Å²) in [5.74, 6) is 2.00. The lowest BCUT2D eigenvalue weighted by atomic mass is 10.0. The molecule has 0 bridgehead atoms. The van der Waals surface area contributed by atoms with Crippen LogP contribution >= 0.6 is 11.6 Å². The number of ether oxygens (including phenoxy) is 2. The van der Waals surface area contributed by atoms with Crippen molar-refractivity contribution in [1.29, 1.82) is 0 Å². The van der Waals surface area contributed by atoms with Crippen LogP contribution in [0.3, 0.4) is 0 Å². The van der Waals surface area contributed by atoms with Crippen LogP contribution < -0.4 is 0 Å². The maximum absolute atomic E-state index is 6.12. The Morgan fingerprint density at radius 3 is 2.71 bits per heavy atom. The monoisotopic (exact) mass is 250 g/mol. The second-order valence-corrected chi connectivity index (χ2v) is 4.96. The molecule has 3 heteroatoms. The van der Waals surface area contributed by atoms with Gasteiger partial charge < -0.3 is 9.47 Å². The van der Waals surface area contributed by atoms with Crippen LogP contribution in [0.4, 0.5) is 0 Å². The summed E-state index contributed by atoms with van der Waals surface area (Å²) in [5, 5.41) is 0.733. The lowest BCUT2D eigenvalue weighted by Crippen LogP contribution is -2.23. The minimum Gasteiger partial charge on any atom is -0.343 e. The fourth-order valence-corrected chi connectivity index (χ4v) is 2.22. The van der Waals surface area contributed by atoms with Gasteiger partial charge in [0.25, 0.3) is 0 Å². The first-order chi connectivity index (χ1) is 8.02. The molecular weight excluding hydrogens is 236 g/mol. The molecule has 1 heterocycles. The molecule has 2 unspecified atom stereocenters. The van der Waals surface area contributed by atoms with Crippen molar-refractivity contribution in [2.45, 2.75) is 38.3 Å². The molecule has 1 saturated heterocycles. The first kappa shape index (κ1) is 12.4. The van der Waals surface area contributed by atoms with Gasteiger partial charge in [-0.1, -0.05) is 35.7 Å². The van der Waals surface area contributed by atoms with Gasteiger partial charge >= 0.3 is 0 Å². The normalized spacial score (nSPS) is 26.7. The second kappa shape index (κ2) is 4.70. The predicted octanol–water partition coefficient (Wildman–Crippen LogP) is 3.04. The van der Waals surface area contributed by atoms with E-state index in [9.17, 15) is 0 Å². The molecule has 2 nitrogen and oxygen atoms in total. The van der Waals surface area contributed by atoms with Crippen molar-refractivity contribution < 1.29 is 9.47 Å². The SMILES string of the molecule is C#CC1OC(C)(C)OC1Cc1ccccc1Cl. The van der Waals surface area contributed by atoms with Crippen LogP contribution in [-0.2, 0) is 15.9 Å². The fourth-order valence-electron chi connectivity index (χ4n) is 2.01. The van der Waals surface area contributed by atoms with Crippen LogP contribution in [0.25, 0.3) is 0 Å². The molecule has 2 rings (SSSR count). The van der Waals surface area contributed by atoms with Crippen molar-refractivity contribution >= 4 is 11.6 Å². The lowest BCUT2D eigenvalue weighted by molar-refractivity contribution is -0.142. The molecule has 0 N–H and O–H groups in total. The molecule has 0 spiro atoms. The molecule has 0 aromatic heterocycles. The van der Waals surface area contributed by atoms with Gasteiger partial charge in [-0.3, -0.25) is 0 Å². The Bertz CT molecular complexity index is 448. The lowest BCUT2D eigenvalue weighted by Gasteiger charge is -2.16. The summed E-state index contributed by atoms with van der Waals surface area (Å²) in [6.07, 6.45) is 5.65. The zero-order chi connectivity index (χ0) is 12.5. The third-order valence-electron chi connectivity index (χ3n) is 2.73. The van der Waals surface area contributed by atoms with Crippen LogP contribution in [0.15, 0.2) is 24.3 Å². The number of halogens is 1. The van der Waals surface area contributed by atoms with Gasteiger partial charge in [-0.25, -0.2) is 0 Å². The van der Waals surface area contributed by atoms with Gasteiger partial charge in [-0.2, -0.15) is 0 Å². The maximum Gasteiger partial charge on any atom is 0.165 e. The van der Waals surface area contributed by atoms with E-state index in [1.807, 2.05) is 38.1 Å². The van der Waals surface area contributed by atoms with Gasteiger partial charge in [0.15, 0.2) is 5.79 Å². The molecule has 2 atom stereocenters. The van der Waals surface area contributed by atoms with Crippen LogP contribution in [0.1, 0.15) is 19.4 Å². The average Bonchev–Trinajstić information content (AvgIpc) is 2.56. The highest BCUT2D eigenvalue weighted by Crippen LogP contribution is 2.31. The Kier molecular flexibility index (Phi) is 3.44. The van der Waals surface area contributed by atoms with Gasteiger partial charge in [0, 0.05) is 11.4 Å². The molecule has 1 aromatic rings. The number of rotatable bonds is 2. The maximum atomic E-state index is 6.12. The molecule has 1 aliphatic rings. The third-order valence-corrected chi connectivity index (χ3v) is 3.10. The van der Waals surface area contributed by atoms with E-state index < -0.39 is 5.79 Å². The first-order valence-electron chi connectivity index (χ1n) is 5.57. The number of hydrogen-bond donors (Lipinski definition) is 0.